The Morgan fingerprint density at radius 2 is 1.86 bits per heavy atom. The lowest BCUT2D eigenvalue weighted by atomic mass is 10.2. The number of ether oxygens (including phenoxy) is 1. The van der Waals surface area contributed by atoms with E-state index in [0.717, 1.165) is 25.2 Å². The first-order chi connectivity index (χ1) is 20.4. The Bertz CT molecular complexity index is 1750. The standard InChI is InChI=1S/C27H26F3N9O3/c28-20-7-22-23(8-21(20)37-5-3-36(4-6-37)12-16-9-32-33-10-16)39(19-14-41-15-19)27(40)38(22)13-18-2-1-17(11-31-18)25-34-35-26(42-25)24(29)30/h1-2,7-11,19,24H,3-6,12-15H2,(H,32,33). The van der Waals surface area contributed by atoms with Gasteiger partial charge in [0, 0.05) is 56.7 Å². The molecule has 218 valence electrons. The fourth-order valence-corrected chi connectivity index (χ4v) is 5.42. The number of hydrogen-bond acceptors (Lipinski definition) is 9. The van der Waals surface area contributed by atoms with E-state index in [4.69, 9.17) is 9.15 Å². The van der Waals surface area contributed by atoms with Crippen LogP contribution in [-0.2, 0) is 17.8 Å². The highest BCUT2D eigenvalue weighted by atomic mass is 19.3. The number of aromatic amines is 1. The van der Waals surface area contributed by atoms with Gasteiger partial charge in [0.15, 0.2) is 0 Å². The number of imidazole rings is 1. The molecule has 0 radical (unpaired) electrons. The predicted molar refractivity (Wildman–Crippen MR) is 144 cm³/mol. The van der Waals surface area contributed by atoms with Gasteiger partial charge in [-0.25, -0.2) is 9.18 Å². The molecule has 1 N–H and O–H groups in total. The van der Waals surface area contributed by atoms with E-state index >= 15 is 4.39 Å². The van der Waals surface area contributed by atoms with Gasteiger partial charge in [-0.2, -0.15) is 13.9 Å². The Kier molecular flexibility index (Phi) is 6.74. The Hall–Kier alpha value is -4.50. The van der Waals surface area contributed by atoms with E-state index in [1.165, 1.54) is 16.8 Å². The molecule has 6 heterocycles. The van der Waals surface area contributed by atoms with E-state index in [0.29, 0.717) is 54.3 Å². The summed E-state index contributed by atoms with van der Waals surface area (Å²) in [6.45, 7) is 4.47. The van der Waals surface area contributed by atoms with Gasteiger partial charge in [-0.05, 0) is 18.2 Å². The summed E-state index contributed by atoms with van der Waals surface area (Å²) in [5.74, 6) is -1.26. The number of alkyl halides is 2. The third-order valence-electron chi connectivity index (χ3n) is 7.71. The highest BCUT2D eigenvalue weighted by Gasteiger charge is 2.29. The molecule has 0 aliphatic carbocycles. The van der Waals surface area contributed by atoms with Gasteiger partial charge in [0.25, 0.3) is 5.89 Å². The molecule has 1 aromatic carbocycles. The number of rotatable bonds is 8. The molecule has 42 heavy (non-hydrogen) atoms. The smallest absolute Gasteiger partial charge is 0.329 e. The minimum absolute atomic E-state index is 0.0772. The first-order valence-corrected chi connectivity index (χ1v) is 13.5. The Labute approximate surface area is 236 Å². The van der Waals surface area contributed by atoms with Crippen LogP contribution in [0.5, 0.6) is 0 Å². The van der Waals surface area contributed by atoms with Crippen LogP contribution in [0.25, 0.3) is 22.5 Å². The summed E-state index contributed by atoms with van der Waals surface area (Å²) < 4.78 is 54.8. The highest BCUT2D eigenvalue weighted by Crippen LogP contribution is 2.30. The van der Waals surface area contributed by atoms with Crippen LogP contribution >= 0.6 is 0 Å². The molecule has 0 saturated carbocycles. The van der Waals surface area contributed by atoms with Gasteiger partial charge >= 0.3 is 12.1 Å². The number of anilines is 1. The van der Waals surface area contributed by atoms with Crippen molar-refractivity contribution in [3.05, 3.63) is 76.3 Å². The monoisotopic (exact) mass is 581 g/mol. The van der Waals surface area contributed by atoms with Crippen molar-refractivity contribution in [2.24, 2.45) is 0 Å². The summed E-state index contributed by atoms with van der Waals surface area (Å²) in [4.78, 5) is 22.3. The van der Waals surface area contributed by atoms with Crippen LogP contribution in [0.15, 0.2) is 52.1 Å². The SMILES string of the molecule is O=c1n(Cc2ccc(-c3nnc(C(F)F)o3)cn2)c2cc(F)c(N3CCN(Cc4cn[nH]c4)CC3)cc2n1C1COC1. The lowest BCUT2D eigenvalue weighted by Crippen LogP contribution is -2.46. The Morgan fingerprint density at radius 3 is 2.50 bits per heavy atom. The Morgan fingerprint density at radius 1 is 1.02 bits per heavy atom. The number of H-pyrrole nitrogens is 1. The molecular formula is C27H26F3N9O3. The summed E-state index contributed by atoms with van der Waals surface area (Å²) in [6, 6.07) is 6.26. The maximum absolute atomic E-state index is 15.7. The van der Waals surface area contributed by atoms with E-state index in [1.807, 2.05) is 11.1 Å². The number of fused-ring (bicyclic) bond motifs is 1. The van der Waals surface area contributed by atoms with Crippen LogP contribution in [0.3, 0.4) is 0 Å². The van der Waals surface area contributed by atoms with Gasteiger partial charge in [-0.3, -0.25) is 24.1 Å². The number of piperazine rings is 1. The van der Waals surface area contributed by atoms with E-state index in [1.54, 1.807) is 29.0 Å². The molecule has 0 bridgehead atoms. The van der Waals surface area contributed by atoms with E-state index < -0.39 is 18.1 Å². The second-order valence-electron chi connectivity index (χ2n) is 10.4. The average Bonchev–Trinajstić information content (AvgIpc) is 3.71. The summed E-state index contributed by atoms with van der Waals surface area (Å²) in [6.07, 6.45) is 2.21. The van der Waals surface area contributed by atoms with Gasteiger partial charge < -0.3 is 14.1 Å². The zero-order valence-electron chi connectivity index (χ0n) is 22.3. The van der Waals surface area contributed by atoms with Crippen molar-refractivity contribution in [1.29, 1.82) is 0 Å². The number of hydrogen-bond donors (Lipinski definition) is 1. The van der Waals surface area contributed by atoms with E-state index in [9.17, 15) is 13.6 Å². The van der Waals surface area contributed by atoms with Gasteiger partial charge in [0.05, 0.1) is 60.0 Å². The number of aromatic nitrogens is 7. The van der Waals surface area contributed by atoms with Gasteiger partial charge in [-0.1, -0.05) is 0 Å². The number of halogens is 3. The minimum Gasteiger partial charge on any atom is -0.415 e. The summed E-state index contributed by atoms with van der Waals surface area (Å²) in [5.41, 5.74) is 3.23. The normalized spacial score (nSPS) is 16.5. The molecule has 2 aliphatic heterocycles. The second-order valence-corrected chi connectivity index (χ2v) is 10.4. The van der Waals surface area contributed by atoms with E-state index in [-0.39, 0.29) is 24.2 Å². The molecule has 4 aromatic heterocycles. The maximum atomic E-state index is 15.7. The number of nitrogens with one attached hydrogen (secondary N) is 1. The minimum atomic E-state index is -2.87. The van der Waals surface area contributed by atoms with Crippen molar-refractivity contribution >= 4 is 16.7 Å². The van der Waals surface area contributed by atoms with Gasteiger partial charge in [-0.15, -0.1) is 10.2 Å². The summed E-state index contributed by atoms with van der Waals surface area (Å²) in [7, 11) is 0. The van der Waals surface area contributed by atoms with Crippen molar-refractivity contribution in [3.63, 3.8) is 0 Å². The molecule has 5 aromatic rings. The molecule has 0 amide bonds. The first-order valence-electron chi connectivity index (χ1n) is 13.5. The fourth-order valence-electron chi connectivity index (χ4n) is 5.42. The molecule has 7 rings (SSSR count). The topological polar surface area (TPSA) is 123 Å². The van der Waals surface area contributed by atoms with Gasteiger partial charge in [0.2, 0.25) is 5.89 Å². The lowest BCUT2D eigenvalue weighted by Gasteiger charge is -2.36. The molecule has 15 heteroatoms. The molecule has 2 saturated heterocycles. The Balaban J connectivity index is 1.16. The number of pyridine rings is 1. The molecule has 0 spiro atoms. The second kappa shape index (κ2) is 10.7. The fraction of sp³-hybridized carbons (Fsp3) is 0.370. The molecule has 12 nitrogen and oxygen atoms in total. The van der Waals surface area contributed by atoms with Crippen molar-refractivity contribution in [2.75, 3.05) is 44.3 Å². The van der Waals surface area contributed by atoms with Crippen molar-refractivity contribution in [1.82, 2.24) is 39.4 Å². The number of benzene rings is 1. The first kappa shape index (κ1) is 26.4. The molecule has 2 fully saturated rings. The molecular weight excluding hydrogens is 555 g/mol. The summed E-state index contributed by atoms with van der Waals surface area (Å²) >= 11 is 0. The van der Waals surface area contributed by atoms with Crippen LogP contribution in [-0.4, -0.2) is 78.8 Å². The largest absolute Gasteiger partial charge is 0.415 e. The van der Waals surface area contributed by atoms with Crippen LogP contribution in [0.4, 0.5) is 18.9 Å². The third kappa shape index (κ3) is 4.83. The lowest BCUT2D eigenvalue weighted by molar-refractivity contribution is -0.0231. The summed E-state index contributed by atoms with van der Waals surface area (Å²) in [5, 5.41) is 13.8. The van der Waals surface area contributed by atoms with Crippen LogP contribution in [0, 0.1) is 5.82 Å². The van der Waals surface area contributed by atoms with Gasteiger partial charge in [0.1, 0.15) is 5.82 Å². The molecule has 0 unspecified atom stereocenters. The van der Waals surface area contributed by atoms with Crippen LogP contribution < -0.4 is 10.6 Å². The van der Waals surface area contributed by atoms with E-state index in [2.05, 4.69) is 30.3 Å². The highest BCUT2D eigenvalue weighted by molar-refractivity contribution is 5.81. The van der Waals surface area contributed by atoms with Crippen molar-refractivity contribution < 1.29 is 22.3 Å². The average molecular weight is 582 g/mol. The predicted octanol–water partition coefficient (Wildman–Crippen LogP) is 2.99. The zero-order chi connectivity index (χ0) is 28.8. The maximum Gasteiger partial charge on any atom is 0.329 e. The van der Waals surface area contributed by atoms with Crippen LogP contribution in [0.2, 0.25) is 0 Å². The van der Waals surface area contributed by atoms with Crippen molar-refractivity contribution in [2.45, 2.75) is 25.6 Å². The number of nitrogens with zero attached hydrogens (tertiary/aromatic N) is 8. The third-order valence-corrected chi connectivity index (χ3v) is 7.71. The van der Waals surface area contributed by atoms with Crippen LogP contribution in [0.1, 0.15) is 29.6 Å². The molecule has 0 atom stereocenters. The van der Waals surface area contributed by atoms with Crippen molar-refractivity contribution in [3.8, 4) is 11.5 Å². The molecule has 2 aliphatic rings. The quantitative estimate of drug-likeness (QED) is 0.295. The zero-order valence-corrected chi connectivity index (χ0v) is 22.3.